The Morgan fingerprint density at radius 1 is 1.43 bits per heavy atom. The first-order valence-corrected chi connectivity index (χ1v) is 9.21. The summed E-state index contributed by atoms with van der Waals surface area (Å²) in [7, 11) is 0. The van der Waals surface area contributed by atoms with E-state index in [4.69, 9.17) is 10.7 Å². The average molecular weight is 310 g/mol. The first kappa shape index (κ1) is 16.8. The molecular formula is C17H31N3S. The standard InChI is InChI=1S/C17H31N3S/c1-6-8-9-20(12(3)7-2)16-19-14-11-17(4,5)10-13(18)15(14)21-16/h12-13H,6-11,18H2,1-5H3. The van der Waals surface area contributed by atoms with Crippen molar-refractivity contribution in [3.8, 4) is 0 Å². The van der Waals surface area contributed by atoms with Crippen molar-refractivity contribution in [1.82, 2.24) is 4.98 Å². The Balaban J connectivity index is 2.27. The van der Waals surface area contributed by atoms with Gasteiger partial charge >= 0.3 is 0 Å². The molecule has 0 aliphatic heterocycles. The topological polar surface area (TPSA) is 42.2 Å². The molecule has 1 aromatic heterocycles. The quantitative estimate of drug-likeness (QED) is 0.840. The van der Waals surface area contributed by atoms with Gasteiger partial charge in [0.25, 0.3) is 0 Å². The minimum absolute atomic E-state index is 0.167. The molecule has 1 heterocycles. The molecule has 1 aliphatic rings. The van der Waals surface area contributed by atoms with E-state index in [1.165, 1.54) is 28.5 Å². The van der Waals surface area contributed by atoms with E-state index in [0.29, 0.717) is 6.04 Å². The van der Waals surface area contributed by atoms with Crippen molar-refractivity contribution >= 4 is 16.5 Å². The van der Waals surface area contributed by atoms with Gasteiger partial charge < -0.3 is 10.6 Å². The Labute approximate surface area is 133 Å². The number of thiazole rings is 1. The van der Waals surface area contributed by atoms with Crippen LogP contribution in [0.4, 0.5) is 5.13 Å². The highest BCUT2D eigenvalue weighted by Gasteiger charge is 2.34. The van der Waals surface area contributed by atoms with Gasteiger partial charge in [0.1, 0.15) is 0 Å². The third kappa shape index (κ3) is 3.78. The van der Waals surface area contributed by atoms with E-state index in [1.54, 1.807) is 0 Å². The van der Waals surface area contributed by atoms with Crippen LogP contribution in [0.1, 0.15) is 76.9 Å². The number of nitrogens with two attached hydrogens (primary N) is 1. The molecule has 2 rings (SSSR count). The number of aromatic nitrogens is 1. The van der Waals surface area contributed by atoms with Crippen LogP contribution in [0.2, 0.25) is 0 Å². The van der Waals surface area contributed by atoms with Crippen LogP contribution in [-0.2, 0) is 6.42 Å². The van der Waals surface area contributed by atoms with Gasteiger partial charge in [0.2, 0.25) is 0 Å². The van der Waals surface area contributed by atoms with Crippen molar-refractivity contribution in [2.45, 2.75) is 78.8 Å². The molecule has 4 heteroatoms. The molecule has 2 unspecified atom stereocenters. The van der Waals surface area contributed by atoms with E-state index < -0.39 is 0 Å². The van der Waals surface area contributed by atoms with Gasteiger partial charge in [0.05, 0.1) is 5.69 Å². The van der Waals surface area contributed by atoms with E-state index in [-0.39, 0.29) is 11.5 Å². The number of nitrogens with zero attached hydrogens (tertiary/aromatic N) is 2. The molecule has 0 spiro atoms. The molecule has 2 N–H and O–H groups in total. The summed E-state index contributed by atoms with van der Waals surface area (Å²) in [6, 6.07) is 0.716. The highest BCUT2D eigenvalue weighted by molar-refractivity contribution is 7.15. The van der Waals surface area contributed by atoms with Gasteiger partial charge in [0.15, 0.2) is 5.13 Å². The van der Waals surface area contributed by atoms with Crippen LogP contribution in [0.25, 0.3) is 0 Å². The van der Waals surface area contributed by atoms with E-state index in [1.807, 2.05) is 11.3 Å². The fourth-order valence-corrected chi connectivity index (χ4v) is 4.37. The predicted molar refractivity (Wildman–Crippen MR) is 93.2 cm³/mol. The van der Waals surface area contributed by atoms with Gasteiger partial charge in [-0.2, -0.15) is 0 Å². The number of fused-ring (bicyclic) bond motifs is 1. The molecule has 0 amide bonds. The Morgan fingerprint density at radius 3 is 2.76 bits per heavy atom. The third-order valence-corrected chi connectivity index (χ3v) is 5.86. The fourth-order valence-electron chi connectivity index (χ4n) is 3.16. The first-order valence-electron chi connectivity index (χ1n) is 8.39. The molecule has 120 valence electrons. The van der Waals surface area contributed by atoms with Crippen molar-refractivity contribution in [3.63, 3.8) is 0 Å². The zero-order valence-corrected chi connectivity index (χ0v) is 15.1. The number of hydrogen-bond donors (Lipinski definition) is 1. The van der Waals surface area contributed by atoms with Crippen LogP contribution in [-0.4, -0.2) is 17.6 Å². The molecule has 21 heavy (non-hydrogen) atoms. The Hall–Kier alpha value is -0.610. The van der Waals surface area contributed by atoms with E-state index in [9.17, 15) is 0 Å². The van der Waals surface area contributed by atoms with Gasteiger partial charge in [0, 0.05) is 23.5 Å². The van der Waals surface area contributed by atoms with E-state index >= 15 is 0 Å². The molecule has 3 nitrogen and oxygen atoms in total. The molecule has 2 atom stereocenters. The highest BCUT2D eigenvalue weighted by Crippen LogP contribution is 2.44. The lowest BCUT2D eigenvalue weighted by atomic mass is 9.77. The van der Waals surface area contributed by atoms with Crippen molar-refractivity contribution in [2.75, 3.05) is 11.4 Å². The minimum atomic E-state index is 0.167. The second kappa shape index (κ2) is 6.66. The van der Waals surface area contributed by atoms with Gasteiger partial charge in [-0.25, -0.2) is 4.98 Å². The summed E-state index contributed by atoms with van der Waals surface area (Å²) in [6.07, 6.45) is 5.75. The molecule has 0 aromatic carbocycles. The van der Waals surface area contributed by atoms with Gasteiger partial charge in [-0.1, -0.05) is 45.5 Å². The summed E-state index contributed by atoms with van der Waals surface area (Å²) in [5.41, 5.74) is 7.93. The first-order chi connectivity index (χ1) is 9.88. The summed E-state index contributed by atoms with van der Waals surface area (Å²) in [6.45, 7) is 12.5. The summed E-state index contributed by atoms with van der Waals surface area (Å²) < 4.78 is 0. The molecule has 0 saturated heterocycles. The zero-order chi connectivity index (χ0) is 15.6. The monoisotopic (exact) mass is 309 g/mol. The maximum Gasteiger partial charge on any atom is 0.186 e. The smallest absolute Gasteiger partial charge is 0.186 e. The minimum Gasteiger partial charge on any atom is -0.345 e. The second-order valence-corrected chi connectivity index (χ2v) is 8.27. The number of anilines is 1. The molecule has 0 radical (unpaired) electrons. The average Bonchev–Trinajstić information content (AvgIpc) is 2.81. The lowest BCUT2D eigenvalue weighted by molar-refractivity contribution is 0.282. The van der Waals surface area contributed by atoms with Crippen molar-refractivity contribution in [1.29, 1.82) is 0 Å². The third-order valence-electron chi connectivity index (χ3n) is 4.59. The number of unbranched alkanes of at least 4 members (excludes halogenated alkanes) is 1. The summed E-state index contributed by atoms with van der Waals surface area (Å²) in [4.78, 5) is 8.80. The summed E-state index contributed by atoms with van der Waals surface area (Å²) in [5.74, 6) is 0. The highest BCUT2D eigenvalue weighted by atomic mass is 32.1. The largest absolute Gasteiger partial charge is 0.345 e. The molecule has 0 bridgehead atoms. The van der Waals surface area contributed by atoms with Gasteiger partial charge in [-0.05, 0) is 38.0 Å². The van der Waals surface area contributed by atoms with Crippen molar-refractivity contribution in [3.05, 3.63) is 10.6 Å². The van der Waals surface area contributed by atoms with Crippen LogP contribution >= 0.6 is 11.3 Å². The van der Waals surface area contributed by atoms with Crippen molar-refractivity contribution in [2.24, 2.45) is 11.1 Å². The van der Waals surface area contributed by atoms with Gasteiger partial charge in [-0.15, -0.1) is 0 Å². The molecule has 0 fully saturated rings. The fraction of sp³-hybridized carbons (Fsp3) is 0.824. The van der Waals surface area contributed by atoms with E-state index in [0.717, 1.165) is 25.8 Å². The Kier molecular flexibility index (Phi) is 5.31. The van der Waals surface area contributed by atoms with Gasteiger partial charge in [-0.3, -0.25) is 0 Å². The second-order valence-electron chi connectivity index (χ2n) is 7.26. The summed E-state index contributed by atoms with van der Waals surface area (Å²) in [5, 5.41) is 1.19. The zero-order valence-electron chi connectivity index (χ0n) is 14.3. The lowest BCUT2D eigenvalue weighted by Gasteiger charge is -2.32. The van der Waals surface area contributed by atoms with Crippen molar-refractivity contribution < 1.29 is 0 Å². The molecular weight excluding hydrogens is 278 g/mol. The van der Waals surface area contributed by atoms with Crippen LogP contribution in [0.15, 0.2) is 0 Å². The Morgan fingerprint density at radius 2 is 2.14 bits per heavy atom. The molecule has 0 saturated carbocycles. The van der Waals surface area contributed by atoms with Crippen LogP contribution in [0.3, 0.4) is 0 Å². The normalized spacial score (nSPS) is 21.9. The maximum absolute atomic E-state index is 6.40. The van der Waals surface area contributed by atoms with Crippen LogP contribution in [0, 0.1) is 5.41 Å². The number of hydrogen-bond acceptors (Lipinski definition) is 4. The lowest BCUT2D eigenvalue weighted by Crippen LogP contribution is -2.33. The van der Waals surface area contributed by atoms with E-state index in [2.05, 4.69) is 39.5 Å². The number of rotatable bonds is 6. The summed E-state index contributed by atoms with van der Waals surface area (Å²) >= 11 is 1.84. The maximum atomic E-state index is 6.40. The SMILES string of the molecule is CCCCN(c1nc2c(s1)C(N)CC(C)(C)C2)C(C)CC. The molecule has 1 aliphatic carbocycles. The van der Waals surface area contributed by atoms with Crippen LogP contribution < -0.4 is 10.6 Å². The Bertz CT molecular complexity index is 467. The predicted octanol–water partition coefficient (Wildman–Crippen LogP) is 4.52. The molecule has 1 aromatic rings. The van der Waals surface area contributed by atoms with Crippen LogP contribution in [0.5, 0.6) is 0 Å².